The second-order valence-corrected chi connectivity index (χ2v) is 11.4. The Hall–Kier alpha value is -3.77. The van der Waals surface area contributed by atoms with Crippen molar-refractivity contribution in [2.24, 2.45) is 0 Å². The lowest BCUT2D eigenvalue weighted by Crippen LogP contribution is -2.31. The second kappa shape index (κ2) is 10.1. The predicted octanol–water partition coefficient (Wildman–Crippen LogP) is 6.86. The SMILES string of the molecule is COc1ccc(CCN2C(=O)c3oc4cc(C)c(Cl)cc4c(=O)c3C2c2ccc(C(C)(C)C)cc2)cc1OC. The Balaban J connectivity index is 1.61. The Morgan fingerprint density at radius 1 is 0.949 bits per heavy atom. The van der Waals surface area contributed by atoms with Crippen LogP contribution in [0.25, 0.3) is 11.0 Å². The summed E-state index contributed by atoms with van der Waals surface area (Å²) in [7, 11) is 3.19. The molecular weight excluding hydrogens is 514 g/mol. The molecule has 1 unspecified atom stereocenters. The zero-order chi connectivity index (χ0) is 28.1. The van der Waals surface area contributed by atoms with Crippen molar-refractivity contribution in [1.82, 2.24) is 4.90 Å². The molecule has 0 radical (unpaired) electrons. The van der Waals surface area contributed by atoms with Gasteiger partial charge in [-0.15, -0.1) is 0 Å². The summed E-state index contributed by atoms with van der Waals surface area (Å²) in [5, 5.41) is 0.852. The fraction of sp³-hybridized carbons (Fsp3) is 0.312. The molecule has 1 atom stereocenters. The van der Waals surface area contributed by atoms with Crippen molar-refractivity contribution in [2.45, 2.75) is 45.6 Å². The first-order chi connectivity index (χ1) is 18.5. The van der Waals surface area contributed by atoms with E-state index in [4.69, 9.17) is 25.5 Å². The first-order valence-electron chi connectivity index (χ1n) is 12.9. The largest absolute Gasteiger partial charge is 0.493 e. The molecule has 5 rings (SSSR count). The summed E-state index contributed by atoms with van der Waals surface area (Å²) in [5.74, 6) is 1.04. The number of benzene rings is 3. The number of nitrogens with zero attached hydrogens (tertiary/aromatic N) is 1. The highest BCUT2D eigenvalue weighted by Gasteiger charge is 2.42. The summed E-state index contributed by atoms with van der Waals surface area (Å²) in [5.41, 5.74) is 4.22. The topological polar surface area (TPSA) is 69.0 Å². The number of halogens is 1. The van der Waals surface area contributed by atoms with E-state index in [0.29, 0.717) is 46.0 Å². The Morgan fingerprint density at radius 2 is 1.64 bits per heavy atom. The van der Waals surface area contributed by atoms with Crippen LogP contribution in [-0.4, -0.2) is 31.6 Å². The fourth-order valence-electron chi connectivity index (χ4n) is 5.17. The molecule has 0 spiro atoms. The average molecular weight is 546 g/mol. The van der Waals surface area contributed by atoms with Crippen molar-refractivity contribution in [3.05, 3.63) is 103 Å². The van der Waals surface area contributed by atoms with Crippen LogP contribution >= 0.6 is 11.6 Å². The third-order valence-electron chi connectivity index (χ3n) is 7.43. The number of fused-ring (bicyclic) bond motifs is 2. The lowest BCUT2D eigenvalue weighted by atomic mass is 9.86. The van der Waals surface area contributed by atoms with Crippen LogP contribution < -0.4 is 14.9 Å². The summed E-state index contributed by atoms with van der Waals surface area (Å²) < 4.78 is 16.9. The second-order valence-electron chi connectivity index (χ2n) is 11.0. The highest BCUT2D eigenvalue weighted by Crippen LogP contribution is 2.39. The standard InChI is InChI=1S/C32H32ClNO5/c1-18-15-25-22(17-23(18)33)29(35)27-28(20-8-10-21(11-9-20)32(2,3)4)34(31(36)30(27)39-25)14-13-19-7-12-24(37-5)26(16-19)38-6/h7-12,15-17,28H,13-14H2,1-6H3. The van der Waals surface area contributed by atoms with Crippen LogP contribution in [-0.2, 0) is 11.8 Å². The maximum absolute atomic E-state index is 13.9. The highest BCUT2D eigenvalue weighted by molar-refractivity contribution is 6.32. The number of carbonyl (C=O) groups is 1. The number of amides is 1. The lowest BCUT2D eigenvalue weighted by Gasteiger charge is -2.26. The predicted molar refractivity (Wildman–Crippen MR) is 154 cm³/mol. The van der Waals surface area contributed by atoms with E-state index in [9.17, 15) is 9.59 Å². The third-order valence-corrected chi connectivity index (χ3v) is 7.84. The van der Waals surface area contributed by atoms with Crippen LogP contribution in [0, 0.1) is 6.92 Å². The summed E-state index contributed by atoms with van der Waals surface area (Å²) >= 11 is 6.37. The Labute approximate surface area is 233 Å². The van der Waals surface area contributed by atoms with Gasteiger partial charge in [0, 0.05) is 11.6 Å². The van der Waals surface area contributed by atoms with Gasteiger partial charge in [0.25, 0.3) is 5.91 Å². The van der Waals surface area contributed by atoms with E-state index < -0.39 is 6.04 Å². The number of aryl methyl sites for hydroxylation is 1. The molecule has 3 aromatic carbocycles. The van der Waals surface area contributed by atoms with E-state index in [2.05, 4.69) is 32.9 Å². The molecule has 7 heteroatoms. The number of ether oxygens (including phenoxy) is 2. The monoisotopic (exact) mass is 545 g/mol. The fourth-order valence-corrected chi connectivity index (χ4v) is 5.33. The molecule has 2 heterocycles. The molecule has 1 aliphatic rings. The Morgan fingerprint density at radius 3 is 2.28 bits per heavy atom. The van der Waals surface area contributed by atoms with E-state index in [0.717, 1.165) is 16.7 Å². The first kappa shape index (κ1) is 26.8. The summed E-state index contributed by atoms with van der Waals surface area (Å²) in [6.45, 7) is 8.67. The van der Waals surface area contributed by atoms with Crippen molar-refractivity contribution < 1.29 is 18.7 Å². The van der Waals surface area contributed by atoms with Gasteiger partial charge in [0.05, 0.1) is 31.2 Å². The Bertz CT molecular complexity index is 1630. The molecular formula is C32H32ClNO5. The van der Waals surface area contributed by atoms with E-state index in [1.807, 2.05) is 37.3 Å². The van der Waals surface area contributed by atoms with Crippen molar-refractivity contribution in [3.8, 4) is 11.5 Å². The molecule has 0 N–H and O–H groups in total. The molecule has 0 bridgehead atoms. The van der Waals surface area contributed by atoms with E-state index in [1.54, 1.807) is 31.3 Å². The maximum Gasteiger partial charge on any atom is 0.290 e. The molecule has 1 aliphatic heterocycles. The zero-order valence-electron chi connectivity index (χ0n) is 23.1. The normalized spacial score (nSPS) is 15.1. The molecule has 202 valence electrons. The van der Waals surface area contributed by atoms with E-state index in [1.165, 1.54) is 5.56 Å². The van der Waals surface area contributed by atoms with Crippen molar-refractivity contribution in [3.63, 3.8) is 0 Å². The molecule has 39 heavy (non-hydrogen) atoms. The minimum absolute atomic E-state index is 0.0289. The van der Waals surface area contributed by atoms with Gasteiger partial charge in [-0.25, -0.2) is 0 Å². The zero-order valence-corrected chi connectivity index (χ0v) is 23.8. The first-order valence-corrected chi connectivity index (χ1v) is 13.3. The van der Waals surface area contributed by atoms with Crippen LogP contribution in [0.4, 0.5) is 0 Å². The van der Waals surface area contributed by atoms with Gasteiger partial charge in [0.2, 0.25) is 5.76 Å². The molecule has 0 aliphatic carbocycles. The number of rotatable bonds is 6. The third kappa shape index (κ3) is 4.78. The lowest BCUT2D eigenvalue weighted by molar-refractivity contribution is 0.0730. The maximum atomic E-state index is 13.9. The van der Waals surface area contributed by atoms with Gasteiger partial charge in [-0.05, 0) is 65.3 Å². The summed E-state index contributed by atoms with van der Waals surface area (Å²) in [6.07, 6.45) is 0.551. The van der Waals surface area contributed by atoms with Gasteiger partial charge in [0.15, 0.2) is 16.9 Å². The van der Waals surface area contributed by atoms with Crippen LogP contribution in [0.2, 0.25) is 5.02 Å². The van der Waals surface area contributed by atoms with Crippen LogP contribution in [0.5, 0.6) is 11.5 Å². The van der Waals surface area contributed by atoms with Gasteiger partial charge in [-0.1, -0.05) is 62.7 Å². The average Bonchev–Trinajstić information content (AvgIpc) is 3.19. The van der Waals surface area contributed by atoms with Crippen LogP contribution in [0.1, 0.15) is 65.2 Å². The molecule has 1 aromatic heterocycles. The Kier molecular flexibility index (Phi) is 6.93. The smallest absolute Gasteiger partial charge is 0.290 e. The molecule has 0 saturated carbocycles. The molecule has 0 fully saturated rings. The molecule has 1 amide bonds. The number of methoxy groups -OCH3 is 2. The van der Waals surface area contributed by atoms with Gasteiger partial charge < -0.3 is 18.8 Å². The summed E-state index contributed by atoms with van der Waals surface area (Å²) in [4.78, 5) is 29.4. The van der Waals surface area contributed by atoms with Crippen molar-refractivity contribution in [1.29, 1.82) is 0 Å². The number of hydrogen-bond acceptors (Lipinski definition) is 5. The van der Waals surface area contributed by atoms with E-state index >= 15 is 0 Å². The van der Waals surface area contributed by atoms with Crippen LogP contribution in [0.15, 0.2) is 63.8 Å². The van der Waals surface area contributed by atoms with Crippen LogP contribution in [0.3, 0.4) is 0 Å². The quantitative estimate of drug-likeness (QED) is 0.265. The molecule has 6 nitrogen and oxygen atoms in total. The summed E-state index contributed by atoms with van der Waals surface area (Å²) in [6, 6.07) is 16.6. The van der Waals surface area contributed by atoms with Gasteiger partial charge in [-0.3, -0.25) is 9.59 Å². The number of hydrogen-bond donors (Lipinski definition) is 0. The minimum atomic E-state index is -0.581. The van der Waals surface area contributed by atoms with Gasteiger partial charge in [-0.2, -0.15) is 0 Å². The number of carbonyl (C=O) groups excluding carboxylic acids is 1. The van der Waals surface area contributed by atoms with E-state index in [-0.39, 0.29) is 22.5 Å². The van der Waals surface area contributed by atoms with Crippen molar-refractivity contribution in [2.75, 3.05) is 20.8 Å². The molecule has 0 saturated heterocycles. The highest BCUT2D eigenvalue weighted by atomic mass is 35.5. The van der Waals surface area contributed by atoms with Crippen molar-refractivity contribution >= 4 is 28.5 Å². The van der Waals surface area contributed by atoms with Gasteiger partial charge >= 0.3 is 0 Å². The molecule has 4 aromatic rings. The minimum Gasteiger partial charge on any atom is -0.493 e. The van der Waals surface area contributed by atoms with Gasteiger partial charge in [0.1, 0.15) is 5.58 Å².